The molecule has 2 N–H and O–H groups in total. The number of benzene rings is 2. The fourth-order valence-electron chi connectivity index (χ4n) is 3.14. The number of imidazole rings is 1. The molecule has 1 atom stereocenters. The second-order valence-electron chi connectivity index (χ2n) is 7.04. The van der Waals surface area contributed by atoms with E-state index >= 15 is 0 Å². The van der Waals surface area contributed by atoms with Crippen LogP contribution in [0.5, 0.6) is 5.75 Å². The number of hydrogen-bond acceptors (Lipinski definition) is 4. The van der Waals surface area contributed by atoms with Gasteiger partial charge in [0.2, 0.25) is 5.91 Å². The summed E-state index contributed by atoms with van der Waals surface area (Å²) in [6.07, 6.45) is 4.13. The van der Waals surface area contributed by atoms with Crippen LogP contribution in [0.4, 0.5) is 4.39 Å². The Morgan fingerprint density at radius 1 is 1.13 bits per heavy atom. The second-order valence-corrected chi connectivity index (χ2v) is 7.04. The minimum absolute atomic E-state index is 0.184. The zero-order chi connectivity index (χ0) is 22.2. The summed E-state index contributed by atoms with van der Waals surface area (Å²) in [5, 5.41) is 5.76. The Morgan fingerprint density at radius 3 is 2.45 bits per heavy atom. The Bertz CT molecular complexity index is 1020. The van der Waals surface area contributed by atoms with Gasteiger partial charge in [0.05, 0.1) is 7.11 Å². The lowest BCUT2D eigenvalue weighted by atomic mass is 10.1. The summed E-state index contributed by atoms with van der Waals surface area (Å²) < 4.78 is 20.2. The third kappa shape index (κ3) is 5.91. The number of hydrogen-bond donors (Lipinski definition) is 2. The lowest BCUT2D eigenvalue weighted by Gasteiger charge is -2.19. The van der Waals surface area contributed by atoms with Gasteiger partial charge in [-0.2, -0.15) is 0 Å². The molecule has 0 fully saturated rings. The number of aromatic nitrogens is 2. The van der Waals surface area contributed by atoms with Gasteiger partial charge in [0.15, 0.2) is 0 Å². The van der Waals surface area contributed by atoms with Gasteiger partial charge < -0.3 is 19.9 Å². The lowest BCUT2D eigenvalue weighted by molar-refractivity contribution is -0.121. The molecule has 0 saturated carbocycles. The van der Waals surface area contributed by atoms with Crippen LogP contribution >= 0.6 is 0 Å². The summed E-state index contributed by atoms with van der Waals surface area (Å²) in [5.41, 5.74) is 1.26. The van der Waals surface area contributed by atoms with Crippen LogP contribution in [0.15, 0.2) is 60.9 Å². The number of nitrogens with zero attached hydrogens (tertiary/aromatic N) is 2. The van der Waals surface area contributed by atoms with Crippen molar-refractivity contribution in [1.82, 2.24) is 20.2 Å². The average Bonchev–Trinajstić information content (AvgIpc) is 3.21. The van der Waals surface area contributed by atoms with E-state index in [0.29, 0.717) is 30.1 Å². The van der Waals surface area contributed by atoms with Crippen molar-refractivity contribution in [3.63, 3.8) is 0 Å². The van der Waals surface area contributed by atoms with Crippen LogP contribution in [0.25, 0.3) is 0 Å². The van der Waals surface area contributed by atoms with Crippen LogP contribution in [0, 0.1) is 5.82 Å². The molecule has 8 heteroatoms. The van der Waals surface area contributed by atoms with Gasteiger partial charge in [0, 0.05) is 38.0 Å². The first kappa shape index (κ1) is 22.0. The molecule has 0 radical (unpaired) electrons. The highest BCUT2D eigenvalue weighted by molar-refractivity contribution is 5.94. The van der Waals surface area contributed by atoms with E-state index in [1.165, 1.54) is 12.1 Å². The summed E-state index contributed by atoms with van der Waals surface area (Å²) in [6.45, 7) is 0.363. The summed E-state index contributed by atoms with van der Waals surface area (Å²) in [6, 6.07) is 12.3. The summed E-state index contributed by atoms with van der Waals surface area (Å²) in [7, 11) is 3.40. The van der Waals surface area contributed by atoms with E-state index in [1.807, 2.05) is 11.6 Å². The van der Waals surface area contributed by atoms with Crippen LogP contribution in [0.1, 0.15) is 40.6 Å². The van der Waals surface area contributed by atoms with E-state index in [1.54, 1.807) is 55.9 Å². The number of ether oxygens (including phenoxy) is 1. The monoisotopic (exact) mass is 424 g/mol. The standard InChI is InChI=1S/C23H25FN4O3/c1-28-15-14-25-22(28)21(16-5-9-18(24)10-6-16)27-20(29)4-3-13-26-23(30)17-7-11-19(31-2)12-8-17/h5-12,14-15,21H,3-4,13H2,1-2H3,(H,26,30)(H,27,29). The zero-order valence-corrected chi connectivity index (χ0v) is 17.5. The Kier molecular flexibility index (Phi) is 7.37. The van der Waals surface area contributed by atoms with Crippen LogP contribution < -0.4 is 15.4 Å². The topological polar surface area (TPSA) is 85.2 Å². The smallest absolute Gasteiger partial charge is 0.251 e. The molecule has 3 aromatic rings. The molecule has 2 aromatic carbocycles. The molecule has 0 bridgehead atoms. The molecular weight excluding hydrogens is 399 g/mol. The fourth-order valence-corrected chi connectivity index (χ4v) is 3.14. The third-order valence-corrected chi connectivity index (χ3v) is 4.84. The minimum atomic E-state index is -0.498. The average molecular weight is 424 g/mol. The van der Waals surface area contributed by atoms with Crippen LogP contribution in [-0.4, -0.2) is 35.0 Å². The highest BCUT2D eigenvalue weighted by atomic mass is 19.1. The van der Waals surface area contributed by atoms with Crippen molar-refractivity contribution in [2.75, 3.05) is 13.7 Å². The molecule has 0 aliphatic heterocycles. The zero-order valence-electron chi connectivity index (χ0n) is 17.5. The van der Waals surface area contributed by atoms with Crippen LogP contribution in [0.3, 0.4) is 0 Å². The van der Waals surface area contributed by atoms with Gasteiger partial charge in [-0.05, 0) is 48.4 Å². The number of carbonyl (C=O) groups excluding carboxylic acids is 2. The number of amides is 2. The van der Waals surface area contributed by atoms with Crippen molar-refractivity contribution in [3.05, 3.63) is 83.7 Å². The van der Waals surface area contributed by atoms with Gasteiger partial charge in [0.25, 0.3) is 5.91 Å². The molecule has 0 saturated heterocycles. The normalized spacial score (nSPS) is 11.6. The van der Waals surface area contributed by atoms with Gasteiger partial charge >= 0.3 is 0 Å². The molecule has 162 valence electrons. The van der Waals surface area contributed by atoms with Crippen molar-refractivity contribution in [2.24, 2.45) is 7.05 Å². The van der Waals surface area contributed by atoms with E-state index in [0.717, 1.165) is 5.56 Å². The van der Waals surface area contributed by atoms with Crippen molar-refractivity contribution in [3.8, 4) is 5.75 Å². The highest BCUT2D eigenvalue weighted by Gasteiger charge is 2.20. The molecule has 0 aliphatic rings. The summed E-state index contributed by atoms with van der Waals surface area (Å²) in [4.78, 5) is 29.0. The lowest BCUT2D eigenvalue weighted by Crippen LogP contribution is -2.32. The maximum Gasteiger partial charge on any atom is 0.251 e. The fraction of sp³-hybridized carbons (Fsp3) is 0.261. The number of methoxy groups -OCH3 is 1. The Morgan fingerprint density at radius 2 is 1.84 bits per heavy atom. The SMILES string of the molecule is COc1ccc(C(=O)NCCCC(=O)NC(c2ccc(F)cc2)c2nccn2C)cc1. The number of carbonyl (C=O) groups is 2. The largest absolute Gasteiger partial charge is 0.497 e. The van der Waals surface area contributed by atoms with E-state index in [2.05, 4.69) is 15.6 Å². The van der Waals surface area contributed by atoms with Crippen molar-refractivity contribution < 1.29 is 18.7 Å². The van der Waals surface area contributed by atoms with Gasteiger partial charge in [0.1, 0.15) is 23.4 Å². The number of halogens is 1. The first-order valence-electron chi connectivity index (χ1n) is 9.92. The minimum Gasteiger partial charge on any atom is -0.497 e. The van der Waals surface area contributed by atoms with Gasteiger partial charge in [-0.1, -0.05) is 12.1 Å². The number of aryl methyl sites for hydroxylation is 1. The molecule has 0 spiro atoms. The molecule has 1 heterocycles. The van der Waals surface area contributed by atoms with Crippen molar-refractivity contribution in [1.29, 1.82) is 0 Å². The molecule has 0 aliphatic carbocycles. The van der Waals surface area contributed by atoms with Gasteiger partial charge in [-0.25, -0.2) is 9.37 Å². The molecule has 1 aromatic heterocycles. The molecule has 7 nitrogen and oxygen atoms in total. The van der Waals surface area contributed by atoms with E-state index in [4.69, 9.17) is 4.74 Å². The quantitative estimate of drug-likeness (QED) is 0.517. The predicted octanol–water partition coefficient (Wildman–Crippen LogP) is 2.98. The molecule has 1 unspecified atom stereocenters. The Hall–Kier alpha value is -3.68. The molecule has 31 heavy (non-hydrogen) atoms. The molecule has 2 amide bonds. The maximum atomic E-state index is 13.3. The first-order chi connectivity index (χ1) is 15.0. The van der Waals surface area contributed by atoms with Crippen molar-refractivity contribution in [2.45, 2.75) is 18.9 Å². The van der Waals surface area contributed by atoms with Crippen LogP contribution in [-0.2, 0) is 11.8 Å². The highest BCUT2D eigenvalue weighted by Crippen LogP contribution is 2.21. The van der Waals surface area contributed by atoms with Crippen molar-refractivity contribution >= 4 is 11.8 Å². The van der Waals surface area contributed by atoms with Crippen LogP contribution in [0.2, 0.25) is 0 Å². The molecular formula is C23H25FN4O3. The van der Waals surface area contributed by atoms with Gasteiger partial charge in [-0.3, -0.25) is 9.59 Å². The Labute approximate surface area is 180 Å². The van der Waals surface area contributed by atoms with E-state index in [9.17, 15) is 14.0 Å². The third-order valence-electron chi connectivity index (χ3n) is 4.84. The Balaban J connectivity index is 1.53. The summed E-state index contributed by atoms with van der Waals surface area (Å²) in [5.74, 6) is 0.585. The second kappa shape index (κ2) is 10.4. The predicted molar refractivity (Wildman–Crippen MR) is 114 cm³/mol. The first-order valence-corrected chi connectivity index (χ1v) is 9.92. The molecule has 3 rings (SSSR count). The van der Waals surface area contributed by atoms with E-state index < -0.39 is 6.04 Å². The van der Waals surface area contributed by atoms with Gasteiger partial charge in [-0.15, -0.1) is 0 Å². The number of nitrogens with one attached hydrogen (secondary N) is 2. The maximum absolute atomic E-state index is 13.3. The van der Waals surface area contributed by atoms with E-state index in [-0.39, 0.29) is 24.1 Å². The summed E-state index contributed by atoms with van der Waals surface area (Å²) >= 11 is 0. The number of rotatable bonds is 9.